The third-order valence-electron chi connectivity index (χ3n) is 3.62. The summed E-state index contributed by atoms with van der Waals surface area (Å²) in [6, 6.07) is 6.99. The molecule has 0 N–H and O–H groups in total. The average Bonchev–Trinajstić information content (AvgIpc) is 2.82. The first-order chi connectivity index (χ1) is 9.06. The Hall–Kier alpha value is -1.25. The quantitative estimate of drug-likeness (QED) is 0.848. The van der Waals surface area contributed by atoms with Gasteiger partial charge in [0.2, 0.25) is 0 Å². The van der Waals surface area contributed by atoms with Crippen LogP contribution in [0.15, 0.2) is 18.2 Å². The molecule has 1 aliphatic heterocycles. The van der Waals surface area contributed by atoms with Crippen LogP contribution in [0.5, 0.6) is 0 Å². The van der Waals surface area contributed by atoms with Crippen molar-refractivity contribution >= 4 is 17.4 Å². The second-order valence-electron chi connectivity index (χ2n) is 4.98. The first kappa shape index (κ1) is 14.2. The van der Waals surface area contributed by atoms with Gasteiger partial charge < -0.3 is 9.80 Å². The minimum absolute atomic E-state index is 0.356. The highest BCUT2D eigenvalue weighted by Gasteiger charge is 2.34. The van der Waals surface area contributed by atoms with Gasteiger partial charge in [-0.1, -0.05) is 0 Å². The largest absolute Gasteiger partial charge is 0.368 e. The predicted molar refractivity (Wildman–Crippen MR) is 78.1 cm³/mol. The number of halogens is 1. The van der Waals surface area contributed by atoms with Gasteiger partial charge in [-0.15, -0.1) is 0 Å². The molecule has 1 aliphatic rings. The van der Waals surface area contributed by atoms with Gasteiger partial charge in [-0.25, -0.2) is 4.39 Å². The number of likely N-dealkylation sites (N-methyl/N-ethyl adjacent to an activating group) is 1. The molecule has 2 rings (SSSR count). The lowest BCUT2D eigenvalue weighted by Crippen LogP contribution is -2.36. The van der Waals surface area contributed by atoms with E-state index in [9.17, 15) is 4.39 Å². The fourth-order valence-electron chi connectivity index (χ4n) is 2.55. The molecule has 1 aromatic carbocycles. The summed E-state index contributed by atoms with van der Waals surface area (Å²) in [6.45, 7) is 1.77. The molecule has 0 aliphatic carbocycles. The standard InChI is InChI=1S/C14H18FN3S/c1-17(2)13-8-18(9-14(13)19-3)12-5-4-11(15)6-10(12)7-16/h4-6,13-14H,8-9H2,1-3H3/t13-,14+/m0/s1. The molecule has 0 spiro atoms. The molecule has 1 saturated heterocycles. The highest BCUT2D eigenvalue weighted by Crippen LogP contribution is 2.30. The molecule has 19 heavy (non-hydrogen) atoms. The molecule has 1 aromatic rings. The van der Waals surface area contributed by atoms with Crippen LogP contribution in [0.25, 0.3) is 0 Å². The molecular weight excluding hydrogens is 261 g/mol. The van der Waals surface area contributed by atoms with Crippen molar-refractivity contribution in [1.82, 2.24) is 4.90 Å². The van der Waals surface area contributed by atoms with E-state index in [1.165, 1.54) is 12.1 Å². The topological polar surface area (TPSA) is 30.3 Å². The minimum Gasteiger partial charge on any atom is -0.368 e. The van der Waals surface area contributed by atoms with E-state index in [0.717, 1.165) is 18.8 Å². The summed E-state index contributed by atoms with van der Waals surface area (Å²) in [5.74, 6) is -0.356. The van der Waals surface area contributed by atoms with Crippen molar-refractivity contribution in [1.29, 1.82) is 5.26 Å². The Morgan fingerprint density at radius 1 is 1.42 bits per heavy atom. The van der Waals surface area contributed by atoms with E-state index >= 15 is 0 Å². The monoisotopic (exact) mass is 279 g/mol. The van der Waals surface area contributed by atoms with E-state index in [2.05, 4.69) is 36.2 Å². The van der Waals surface area contributed by atoms with Gasteiger partial charge in [-0.2, -0.15) is 17.0 Å². The molecule has 1 fully saturated rings. The van der Waals surface area contributed by atoms with Crippen LogP contribution in [0, 0.1) is 17.1 Å². The van der Waals surface area contributed by atoms with Gasteiger partial charge in [0.15, 0.2) is 0 Å². The van der Waals surface area contributed by atoms with Crippen molar-refractivity contribution in [2.24, 2.45) is 0 Å². The maximum absolute atomic E-state index is 13.2. The van der Waals surface area contributed by atoms with Crippen molar-refractivity contribution < 1.29 is 4.39 Å². The highest BCUT2D eigenvalue weighted by molar-refractivity contribution is 7.99. The zero-order valence-electron chi connectivity index (χ0n) is 11.4. The molecule has 0 unspecified atom stereocenters. The molecule has 1 heterocycles. The van der Waals surface area contributed by atoms with Gasteiger partial charge in [-0.3, -0.25) is 0 Å². The Kier molecular flexibility index (Phi) is 4.33. The summed E-state index contributed by atoms with van der Waals surface area (Å²) in [5, 5.41) is 9.65. The molecule has 5 heteroatoms. The van der Waals surface area contributed by atoms with Crippen LogP contribution >= 0.6 is 11.8 Å². The van der Waals surface area contributed by atoms with Crippen molar-refractivity contribution in [3.63, 3.8) is 0 Å². The van der Waals surface area contributed by atoms with Crippen LogP contribution < -0.4 is 4.90 Å². The number of nitriles is 1. The number of thioether (sulfide) groups is 1. The van der Waals surface area contributed by atoms with Crippen LogP contribution in [0.1, 0.15) is 5.56 Å². The molecule has 0 aromatic heterocycles. The van der Waals surface area contributed by atoms with Gasteiger partial charge >= 0.3 is 0 Å². The van der Waals surface area contributed by atoms with Gasteiger partial charge in [0.05, 0.1) is 11.3 Å². The number of anilines is 1. The van der Waals surface area contributed by atoms with Crippen LogP contribution in [0.3, 0.4) is 0 Å². The zero-order chi connectivity index (χ0) is 14.0. The average molecular weight is 279 g/mol. The lowest BCUT2D eigenvalue weighted by Gasteiger charge is -2.23. The van der Waals surface area contributed by atoms with Crippen LogP contribution in [0.2, 0.25) is 0 Å². The van der Waals surface area contributed by atoms with Gasteiger partial charge in [-0.05, 0) is 38.6 Å². The van der Waals surface area contributed by atoms with Crippen molar-refractivity contribution in [3.8, 4) is 6.07 Å². The molecule has 3 nitrogen and oxygen atoms in total. The Balaban J connectivity index is 2.27. The molecule has 0 bridgehead atoms. The van der Waals surface area contributed by atoms with Crippen LogP contribution in [-0.2, 0) is 0 Å². The normalized spacial score (nSPS) is 22.8. The molecular formula is C14H18FN3S. The third-order valence-corrected chi connectivity index (χ3v) is 4.69. The lowest BCUT2D eigenvalue weighted by molar-refractivity contribution is 0.320. The van der Waals surface area contributed by atoms with Crippen LogP contribution in [0.4, 0.5) is 10.1 Å². The molecule has 102 valence electrons. The van der Waals surface area contributed by atoms with E-state index in [4.69, 9.17) is 5.26 Å². The number of nitrogens with zero attached hydrogens (tertiary/aromatic N) is 3. The van der Waals surface area contributed by atoms with E-state index in [0.29, 0.717) is 16.9 Å². The Labute approximate surface area is 118 Å². The minimum atomic E-state index is -0.356. The number of rotatable bonds is 3. The maximum atomic E-state index is 13.2. The summed E-state index contributed by atoms with van der Waals surface area (Å²) in [6.07, 6.45) is 2.11. The fourth-order valence-corrected chi connectivity index (χ4v) is 3.53. The zero-order valence-corrected chi connectivity index (χ0v) is 12.2. The molecule has 0 saturated carbocycles. The van der Waals surface area contributed by atoms with E-state index in [1.807, 2.05) is 11.8 Å². The summed E-state index contributed by atoms with van der Waals surface area (Å²) in [7, 11) is 4.15. The van der Waals surface area contributed by atoms with Crippen molar-refractivity contribution in [3.05, 3.63) is 29.6 Å². The smallest absolute Gasteiger partial charge is 0.124 e. The van der Waals surface area contributed by atoms with Crippen molar-refractivity contribution in [2.45, 2.75) is 11.3 Å². The summed E-state index contributed by atoms with van der Waals surface area (Å²) in [4.78, 5) is 4.40. The Bertz CT molecular complexity index is 498. The number of hydrogen-bond acceptors (Lipinski definition) is 4. The third kappa shape index (κ3) is 2.85. The lowest BCUT2D eigenvalue weighted by atomic mass is 10.1. The SMILES string of the molecule is CS[C@@H]1CN(c2ccc(F)cc2C#N)C[C@@H]1N(C)C. The van der Waals surface area contributed by atoms with E-state index in [-0.39, 0.29) is 5.82 Å². The summed E-state index contributed by atoms with van der Waals surface area (Å²) in [5.41, 5.74) is 1.26. The van der Waals surface area contributed by atoms with Crippen molar-refractivity contribution in [2.75, 3.05) is 38.3 Å². The fraction of sp³-hybridized carbons (Fsp3) is 0.500. The second kappa shape index (κ2) is 5.81. The van der Waals surface area contributed by atoms with Gasteiger partial charge in [0.1, 0.15) is 11.9 Å². The maximum Gasteiger partial charge on any atom is 0.124 e. The number of hydrogen-bond donors (Lipinski definition) is 0. The molecule has 2 atom stereocenters. The van der Waals surface area contributed by atoms with Gasteiger partial charge in [0.25, 0.3) is 0 Å². The Morgan fingerprint density at radius 2 is 2.16 bits per heavy atom. The van der Waals surface area contributed by atoms with Gasteiger partial charge in [0, 0.05) is 24.4 Å². The van der Waals surface area contributed by atoms with E-state index in [1.54, 1.807) is 6.07 Å². The molecule has 0 radical (unpaired) electrons. The predicted octanol–water partition coefficient (Wildman–Crippen LogP) is 2.18. The first-order valence-electron chi connectivity index (χ1n) is 6.20. The molecule has 0 amide bonds. The number of benzene rings is 1. The highest BCUT2D eigenvalue weighted by atomic mass is 32.2. The second-order valence-corrected chi connectivity index (χ2v) is 6.06. The Morgan fingerprint density at radius 3 is 2.68 bits per heavy atom. The summed E-state index contributed by atoms with van der Waals surface area (Å²) >= 11 is 1.84. The van der Waals surface area contributed by atoms with E-state index < -0.39 is 0 Å². The summed E-state index contributed by atoms with van der Waals surface area (Å²) < 4.78 is 13.2. The van der Waals surface area contributed by atoms with Crippen LogP contribution in [-0.4, -0.2) is 49.6 Å². The first-order valence-corrected chi connectivity index (χ1v) is 7.49.